The van der Waals surface area contributed by atoms with Crippen LogP contribution in [0.4, 0.5) is 0 Å². The molecule has 0 spiro atoms. The highest BCUT2D eigenvalue weighted by atomic mass is 16.5. The molecule has 0 aliphatic carbocycles. The lowest BCUT2D eigenvalue weighted by Crippen LogP contribution is -2.44. The monoisotopic (exact) mass is 339 g/mol. The van der Waals surface area contributed by atoms with E-state index in [4.69, 9.17) is 10.5 Å². The molecule has 1 aromatic heterocycles. The summed E-state index contributed by atoms with van der Waals surface area (Å²) in [5.41, 5.74) is 7.47. The van der Waals surface area contributed by atoms with Crippen molar-refractivity contribution in [3.05, 3.63) is 48.2 Å². The van der Waals surface area contributed by atoms with Gasteiger partial charge in [-0.05, 0) is 37.1 Å². The van der Waals surface area contributed by atoms with Crippen LogP contribution in [0, 0.1) is 5.92 Å². The first-order valence-corrected chi connectivity index (χ1v) is 8.28. The molecule has 25 heavy (non-hydrogen) atoms. The number of likely N-dealkylation sites (tertiary alicyclic amines) is 1. The number of primary amides is 1. The molecular weight excluding hydrogens is 318 g/mol. The van der Waals surface area contributed by atoms with Crippen LogP contribution in [0.1, 0.15) is 23.2 Å². The molecule has 0 unspecified atom stereocenters. The number of amides is 2. The number of nitrogens with zero attached hydrogens (tertiary/aromatic N) is 2. The van der Waals surface area contributed by atoms with Gasteiger partial charge in [0.1, 0.15) is 11.4 Å². The Balaban J connectivity index is 1.86. The number of hydrogen-bond donors (Lipinski definition) is 1. The predicted molar refractivity (Wildman–Crippen MR) is 94.0 cm³/mol. The summed E-state index contributed by atoms with van der Waals surface area (Å²) in [6.45, 7) is 1.02. The van der Waals surface area contributed by atoms with Crippen LogP contribution < -0.4 is 10.5 Å². The van der Waals surface area contributed by atoms with Crippen molar-refractivity contribution >= 4 is 11.8 Å². The van der Waals surface area contributed by atoms with Crippen molar-refractivity contribution in [2.75, 3.05) is 20.2 Å². The second-order valence-electron chi connectivity index (χ2n) is 6.13. The molecule has 6 nitrogen and oxygen atoms in total. The molecule has 1 fully saturated rings. The van der Waals surface area contributed by atoms with Crippen LogP contribution in [-0.2, 0) is 4.79 Å². The number of pyridine rings is 1. The number of aromatic nitrogens is 1. The lowest BCUT2D eigenvalue weighted by atomic mass is 9.96. The molecule has 0 saturated carbocycles. The number of benzene rings is 1. The highest BCUT2D eigenvalue weighted by molar-refractivity contribution is 5.96. The number of ether oxygens (including phenoxy) is 1. The van der Waals surface area contributed by atoms with Gasteiger partial charge in [-0.2, -0.15) is 0 Å². The van der Waals surface area contributed by atoms with E-state index < -0.39 is 0 Å². The lowest BCUT2D eigenvalue weighted by molar-refractivity contribution is -0.123. The summed E-state index contributed by atoms with van der Waals surface area (Å²) in [6.07, 6.45) is 3.21. The number of hydrogen-bond acceptors (Lipinski definition) is 4. The standard InChI is InChI=1S/C19H21N3O3/c1-25-16-8-3-9-21-17(16)13-5-2-6-14(11-13)19(24)22-10-4-7-15(12-22)18(20)23/h2-3,5-6,8-9,11,15H,4,7,10,12H2,1H3,(H2,20,23)/t15-/m1/s1. The molecule has 1 atom stereocenters. The molecule has 2 heterocycles. The Morgan fingerprint density at radius 2 is 2.12 bits per heavy atom. The Hall–Kier alpha value is -2.89. The van der Waals surface area contributed by atoms with E-state index in [9.17, 15) is 9.59 Å². The summed E-state index contributed by atoms with van der Waals surface area (Å²) in [7, 11) is 1.59. The van der Waals surface area contributed by atoms with E-state index in [0.29, 0.717) is 30.1 Å². The Morgan fingerprint density at radius 3 is 2.88 bits per heavy atom. The molecule has 2 amide bonds. The highest BCUT2D eigenvalue weighted by Gasteiger charge is 2.27. The van der Waals surface area contributed by atoms with Crippen LogP contribution in [0.15, 0.2) is 42.6 Å². The van der Waals surface area contributed by atoms with Crippen LogP contribution in [0.5, 0.6) is 5.75 Å². The van der Waals surface area contributed by atoms with Crippen LogP contribution in [0.2, 0.25) is 0 Å². The molecule has 0 radical (unpaired) electrons. The molecule has 130 valence electrons. The molecule has 2 aromatic rings. The summed E-state index contributed by atoms with van der Waals surface area (Å²) in [5, 5.41) is 0. The van der Waals surface area contributed by atoms with Gasteiger partial charge in [-0.3, -0.25) is 14.6 Å². The zero-order chi connectivity index (χ0) is 17.8. The number of nitrogens with two attached hydrogens (primary N) is 1. The first-order chi connectivity index (χ1) is 12.1. The van der Waals surface area contributed by atoms with Crippen molar-refractivity contribution in [1.82, 2.24) is 9.88 Å². The van der Waals surface area contributed by atoms with Gasteiger partial charge in [-0.25, -0.2) is 0 Å². The van der Waals surface area contributed by atoms with Crippen LogP contribution in [0.25, 0.3) is 11.3 Å². The van der Waals surface area contributed by atoms with Gasteiger partial charge in [0, 0.05) is 30.4 Å². The van der Waals surface area contributed by atoms with Crippen molar-refractivity contribution in [2.45, 2.75) is 12.8 Å². The van der Waals surface area contributed by atoms with Gasteiger partial charge in [-0.15, -0.1) is 0 Å². The van der Waals surface area contributed by atoms with E-state index in [1.807, 2.05) is 18.2 Å². The van der Waals surface area contributed by atoms with E-state index in [2.05, 4.69) is 4.98 Å². The summed E-state index contributed by atoms with van der Waals surface area (Å²) in [4.78, 5) is 30.3. The number of rotatable bonds is 4. The third-order valence-corrected chi connectivity index (χ3v) is 4.48. The Morgan fingerprint density at radius 1 is 1.28 bits per heavy atom. The fraction of sp³-hybridized carbons (Fsp3) is 0.316. The fourth-order valence-corrected chi connectivity index (χ4v) is 3.15. The van der Waals surface area contributed by atoms with Crippen LogP contribution in [-0.4, -0.2) is 41.9 Å². The zero-order valence-corrected chi connectivity index (χ0v) is 14.1. The minimum atomic E-state index is -0.343. The van der Waals surface area contributed by atoms with Gasteiger partial charge in [0.2, 0.25) is 5.91 Å². The maximum Gasteiger partial charge on any atom is 0.253 e. The summed E-state index contributed by atoms with van der Waals surface area (Å²) in [5.74, 6) is -0.0530. The van der Waals surface area contributed by atoms with Gasteiger partial charge in [0.25, 0.3) is 5.91 Å². The number of piperidine rings is 1. The first kappa shape index (κ1) is 17.0. The lowest BCUT2D eigenvalue weighted by Gasteiger charge is -2.31. The van der Waals surface area contributed by atoms with Gasteiger partial charge < -0.3 is 15.4 Å². The largest absolute Gasteiger partial charge is 0.494 e. The van der Waals surface area contributed by atoms with Gasteiger partial charge in [0.05, 0.1) is 13.0 Å². The minimum absolute atomic E-state index is 0.0947. The highest BCUT2D eigenvalue weighted by Crippen LogP contribution is 2.28. The van der Waals surface area contributed by atoms with Gasteiger partial charge in [-0.1, -0.05) is 12.1 Å². The Kier molecular flexibility index (Phi) is 4.97. The van der Waals surface area contributed by atoms with Gasteiger partial charge >= 0.3 is 0 Å². The van der Waals surface area contributed by atoms with Crippen molar-refractivity contribution < 1.29 is 14.3 Å². The second kappa shape index (κ2) is 7.34. The first-order valence-electron chi connectivity index (χ1n) is 8.28. The fourth-order valence-electron chi connectivity index (χ4n) is 3.15. The molecule has 0 bridgehead atoms. The molecule has 6 heteroatoms. The average molecular weight is 339 g/mol. The van der Waals surface area contributed by atoms with Crippen LogP contribution in [0.3, 0.4) is 0 Å². The van der Waals surface area contributed by atoms with E-state index in [0.717, 1.165) is 18.4 Å². The number of carbonyl (C=O) groups is 2. The SMILES string of the molecule is COc1cccnc1-c1cccc(C(=O)N2CCC[C@@H](C(N)=O)C2)c1. The molecular formula is C19H21N3O3. The Bertz CT molecular complexity index is 791. The number of methoxy groups -OCH3 is 1. The second-order valence-corrected chi connectivity index (χ2v) is 6.13. The molecule has 1 aliphatic heterocycles. The smallest absolute Gasteiger partial charge is 0.253 e. The van der Waals surface area contributed by atoms with Crippen molar-refractivity contribution in [3.8, 4) is 17.0 Å². The minimum Gasteiger partial charge on any atom is -0.494 e. The predicted octanol–water partition coefficient (Wildman–Crippen LogP) is 2.09. The molecule has 1 aromatic carbocycles. The molecule has 3 rings (SSSR count). The summed E-state index contributed by atoms with van der Waals surface area (Å²) in [6, 6.07) is 10.9. The third kappa shape index (κ3) is 3.63. The third-order valence-electron chi connectivity index (χ3n) is 4.48. The number of carbonyl (C=O) groups excluding carboxylic acids is 2. The van der Waals surface area contributed by atoms with E-state index >= 15 is 0 Å². The zero-order valence-electron chi connectivity index (χ0n) is 14.1. The van der Waals surface area contributed by atoms with Crippen molar-refractivity contribution in [1.29, 1.82) is 0 Å². The van der Waals surface area contributed by atoms with E-state index in [-0.39, 0.29) is 17.7 Å². The Labute approximate surface area is 146 Å². The normalized spacial score (nSPS) is 17.2. The topological polar surface area (TPSA) is 85.5 Å². The quantitative estimate of drug-likeness (QED) is 0.924. The van der Waals surface area contributed by atoms with Crippen LogP contribution >= 0.6 is 0 Å². The maximum atomic E-state index is 12.8. The molecule has 2 N–H and O–H groups in total. The molecule has 1 saturated heterocycles. The average Bonchev–Trinajstić information content (AvgIpc) is 2.67. The van der Waals surface area contributed by atoms with Crippen molar-refractivity contribution in [2.24, 2.45) is 11.7 Å². The van der Waals surface area contributed by atoms with Gasteiger partial charge in [0.15, 0.2) is 0 Å². The van der Waals surface area contributed by atoms with E-state index in [1.54, 1.807) is 36.4 Å². The summed E-state index contributed by atoms with van der Waals surface area (Å²) >= 11 is 0. The summed E-state index contributed by atoms with van der Waals surface area (Å²) < 4.78 is 5.35. The van der Waals surface area contributed by atoms with E-state index in [1.165, 1.54) is 0 Å². The molecule has 1 aliphatic rings. The van der Waals surface area contributed by atoms with Crippen molar-refractivity contribution in [3.63, 3.8) is 0 Å². The maximum absolute atomic E-state index is 12.8.